The number of hydrogen-bond donors (Lipinski definition) is 1. The molecular weight excluding hydrogens is 254 g/mol. The highest BCUT2D eigenvalue weighted by Gasteiger charge is 2.32. The standard InChI is InChI=1S/C15H29N3O2/c1-12(2)16-14(15(19)20-3)11-17-9-6-13(10-17)18-7-4-5-8-18/h12-14,16H,4-11H2,1-3H3. The Bertz CT molecular complexity index is 316. The summed E-state index contributed by atoms with van der Waals surface area (Å²) in [5, 5.41) is 3.31. The smallest absolute Gasteiger partial charge is 0.324 e. The first-order valence-electron chi connectivity index (χ1n) is 7.90. The van der Waals surface area contributed by atoms with Crippen LogP contribution in [0.25, 0.3) is 0 Å². The highest BCUT2D eigenvalue weighted by molar-refractivity contribution is 5.76. The van der Waals surface area contributed by atoms with Crippen LogP contribution in [0.4, 0.5) is 0 Å². The van der Waals surface area contributed by atoms with Crippen LogP contribution in [0.5, 0.6) is 0 Å². The fourth-order valence-electron chi connectivity index (χ4n) is 3.38. The number of likely N-dealkylation sites (tertiary alicyclic amines) is 2. The molecule has 0 spiro atoms. The molecule has 0 radical (unpaired) electrons. The molecule has 2 atom stereocenters. The van der Waals surface area contributed by atoms with Gasteiger partial charge in [0.2, 0.25) is 0 Å². The maximum atomic E-state index is 11.9. The van der Waals surface area contributed by atoms with Crippen molar-refractivity contribution in [2.24, 2.45) is 0 Å². The highest BCUT2D eigenvalue weighted by Crippen LogP contribution is 2.20. The van der Waals surface area contributed by atoms with E-state index in [2.05, 4.69) is 29.0 Å². The predicted octanol–water partition coefficient (Wildman–Crippen LogP) is 0.696. The lowest BCUT2D eigenvalue weighted by Gasteiger charge is -2.26. The molecule has 0 aliphatic carbocycles. The van der Waals surface area contributed by atoms with E-state index in [1.807, 2.05) is 0 Å². The molecule has 2 fully saturated rings. The summed E-state index contributed by atoms with van der Waals surface area (Å²) in [7, 11) is 1.47. The summed E-state index contributed by atoms with van der Waals surface area (Å²) in [6.45, 7) is 9.57. The number of ether oxygens (including phenoxy) is 1. The molecule has 2 unspecified atom stereocenters. The van der Waals surface area contributed by atoms with Gasteiger partial charge in [-0.05, 0) is 38.9 Å². The Morgan fingerprint density at radius 1 is 1.30 bits per heavy atom. The highest BCUT2D eigenvalue weighted by atomic mass is 16.5. The third-order valence-electron chi connectivity index (χ3n) is 4.37. The van der Waals surface area contributed by atoms with Crippen LogP contribution in [-0.2, 0) is 9.53 Å². The van der Waals surface area contributed by atoms with Crippen molar-refractivity contribution in [1.29, 1.82) is 0 Å². The van der Waals surface area contributed by atoms with Gasteiger partial charge in [-0.1, -0.05) is 13.8 Å². The van der Waals surface area contributed by atoms with Crippen LogP contribution in [0.2, 0.25) is 0 Å². The summed E-state index contributed by atoms with van der Waals surface area (Å²) >= 11 is 0. The van der Waals surface area contributed by atoms with Crippen molar-refractivity contribution in [3.8, 4) is 0 Å². The van der Waals surface area contributed by atoms with Gasteiger partial charge in [0.1, 0.15) is 6.04 Å². The second kappa shape index (κ2) is 7.38. The van der Waals surface area contributed by atoms with E-state index in [-0.39, 0.29) is 18.1 Å². The van der Waals surface area contributed by atoms with Gasteiger partial charge in [-0.25, -0.2) is 0 Å². The van der Waals surface area contributed by atoms with Crippen LogP contribution in [0.3, 0.4) is 0 Å². The van der Waals surface area contributed by atoms with Gasteiger partial charge in [0, 0.05) is 25.2 Å². The van der Waals surface area contributed by atoms with Crippen molar-refractivity contribution in [3.63, 3.8) is 0 Å². The zero-order valence-corrected chi connectivity index (χ0v) is 13.1. The topological polar surface area (TPSA) is 44.8 Å². The van der Waals surface area contributed by atoms with E-state index in [1.165, 1.54) is 39.5 Å². The van der Waals surface area contributed by atoms with Gasteiger partial charge in [0.15, 0.2) is 0 Å². The molecule has 5 nitrogen and oxygen atoms in total. The molecule has 116 valence electrons. The van der Waals surface area contributed by atoms with Crippen molar-refractivity contribution < 1.29 is 9.53 Å². The number of methoxy groups -OCH3 is 1. The molecule has 2 heterocycles. The molecule has 0 aromatic rings. The van der Waals surface area contributed by atoms with Gasteiger partial charge < -0.3 is 10.1 Å². The second-order valence-electron chi connectivity index (χ2n) is 6.34. The molecular formula is C15H29N3O2. The quantitative estimate of drug-likeness (QED) is 0.727. The fraction of sp³-hybridized carbons (Fsp3) is 0.933. The SMILES string of the molecule is COC(=O)C(CN1CCC(N2CCCC2)C1)NC(C)C. The number of esters is 1. The number of carbonyl (C=O) groups is 1. The Morgan fingerprint density at radius 3 is 2.60 bits per heavy atom. The molecule has 0 aromatic heterocycles. The van der Waals surface area contributed by atoms with Crippen molar-refractivity contribution in [2.75, 3.05) is 39.8 Å². The number of carbonyl (C=O) groups excluding carboxylic acids is 1. The minimum absolute atomic E-state index is 0.150. The van der Waals surface area contributed by atoms with Crippen molar-refractivity contribution >= 4 is 5.97 Å². The summed E-state index contributed by atoms with van der Waals surface area (Å²) in [6.07, 6.45) is 3.92. The molecule has 0 amide bonds. The van der Waals surface area contributed by atoms with Crippen LogP contribution >= 0.6 is 0 Å². The Hall–Kier alpha value is -0.650. The van der Waals surface area contributed by atoms with Gasteiger partial charge in [0.25, 0.3) is 0 Å². The van der Waals surface area contributed by atoms with Gasteiger partial charge in [-0.3, -0.25) is 14.6 Å². The molecule has 0 bridgehead atoms. The Kier molecular flexibility index (Phi) is 5.81. The molecule has 20 heavy (non-hydrogen) atoms. The molecule has 5 heteroatoms. The first-order valence-corrected chi connectivity index (χ1v) is 7.90. The van der Waals surface area contributed by atoms with Crippen LogP contribution in [0, 0.1) is 0 Å². The fourth-order valence-corrected chi connectivity index (χ4v) is 3.38. The molecule has 2 rings (SSSR count). The maximum absolute atomic E-state index is 11.9. The minimum Gasteiger partial charge on any atom is -0.468 e. The average Bonchev–Trinajstić information content (AvgIpc) is 3.06. The van der Waals surface area contributed by atoms with E-state index in [1.54, 1.807) is 0 Å². The van der Waals surface area contributed by atoms with Crippen LogP contribution < -0.4 is 5.32 Å². The van der Waals surface area contributed by atoms with E-state index in [0.717, 1.165) is 19.6 Å². The summed E-state index contributed by atoms with van der Waals surface area (Å²) < 4.78 is 4.91. The van der Waals surface area contributed by atoms with Gasteiger partial charge in [-0.2, -0.15) is 0 Å². The summed E-state index contributed by atoms with van der Waals surface area (Å²) in [5.41, 5.74) is 0. The number of nitrogens with zero attached hydrogens (tertiary/aromatic N) is 2. The Labute approximate surface area is 122 Å². The van der Waals surface area contributed by atoms with E-state index >= 15 is 0 Å². The molecule has 0 saturated carbocycles. The van der Waals surface area contributed by atoms with E-state index in [9.17, 15) is 4.79 Å². The Balaban J connectivity index is 1.83. The third kappa shape index (κ3) is 4.17. The number of rotatable bonds is 6. The van der Waals surface area contributed by atoms with Crippen molar-refractivity contribution in [2.45, 2.75) is 51.2 Å². The monoisotopic (exact) mass is 283 g/mol. The number of nitrogens with one attached hydrogen (secondary N) is 1. The van der Waals surface area contributed by atoms with Crippen LogP contribution in [-0.4, -0.2) is 73.7 Å². The number of hydrogen-bond acceptors (Lipinski definition) is 5. The van der Waals surface area contributed by atoms with Crippen LogP contribution in [0.1, 0.15) is 33.1 Å². The zero-order chi connectivity index (χ0) is 14.5. The van der Waals surface area contributed by atoms with E-state index in [4.69, 9.17) is 4.74 Å². The third-order valence-corrected chi connectivity index (χ3v) is 4.37. The van der Waals surface area contributed by atoms with E-state index < -0.39 is 0 Å². The summed E-state index contributed by atoms with van der Waals surface area (Å²) in [4.78, 5) is 16.9. The van der Waals surface area contributed by atoms with E-state index in [0.29, 0.717) is 6.04 Å². The molecule has 2 aliphatic rings. The minimum atomic E-state index is -0.211. The second-order valence-corrected chi connectivity index (χ2v) is 6.34. The molecule has 0 aromatic carbocycles. The average molecular weight is 283 g/mol. The first kappa shape index (κ1) is 15.7. The lowest BCUT2D eigenvalue weighted by molar-refractivity contribution is -0.143. The van der Waals surface area contributed by atoms with Crippen LogP contribution in [0.15, 0.2) is 0 Å². The van der Waals surface area contributed by atoms with Crippen molar-refractivity contribution in [1.82, 2.24) is 15.1 Å². The van der Waals surface area contributed by atoms with Gasteiger partial charge >= 0.3 is 5.97 Å². The first-order chi connectivity index (χ1) is 9.60. The largest absolute Gasteiger partial charge is 0.468 e. The summed E-state index contributed by atoms with van der Waals surface area (Å²) in [5.74, 6) is -0.150. The van der Waals surface area contributed by atoms with Gasteiger partial charge in [0.05, 0.1) is 7.11 Å². The molecule has 2 saturated heterocycles. The molecule has 2 aliphatic heterocycles. The zero-order valence-electron chi connectivity index (χ0n) is 13.1. The summed E-state index contributed by atoms with van der Waals surface area (Å²) in [6, 6.07) is 0.767. The van der Waals surface area contributed by atoms with Gasteiger partial charge in [-0.15, -0.1) is 0 Å². The normalized spacial score (nSPS) is 26.3. The lowest BCUT2D eigenvalue weighted by Crippen LogP contribution is -2.49. The van der Waals surface area contributed by atoms with Crippen molar-refractivity contribution in [3.05, 3.63) is 0 Å². The lowest BCUT2D eigenvalue weighted by atomic mass is 10.2. The predicted molar refractivity (Wildman–Crippen MR) is 79.7 cm³/mol. The molecule has 1 N–H and O–H groups in total. The maximum Gasteiger partial charge on any atom is 0.324 e. The Morgan fingerprint density at radius 2 is 2.00 bits per heavy atom.